The van der Waals surface area contributed by atoms with Crippen LogP contribution in [0.2, 0.25) is 10.0 Å². The highest BCUT2D eigenvalue weighted by Crippen LogP contribution is 2.22. The molecule has 0 amide bonds. The molecule has 78 valence electrons. The lowest BCUT2D eigenvalue weighted by atomic mass is 10.2. The number of rotatable bonds is 5. The van der Waals surface area contributed by atoms with Gasteiger partial charge in [-0.3, -0.25) is 0 Å². The monoisotopic (exact) mass is 233 g/mol. The van der Waals surface area contributed by atoms with E-state index in [-0.39, 0.29) is 6.61 Å². The van der Waals surface area contributed by atoms with Gasteiger partial charge in [-0.1, -0.05) is 29.3 Å². The lowest BCUT2D eigenvalue weighted by Crippen LogP contribution is -2.15. The molecule has 2 nitrogen and oxygen atoms in total. The highest BCUT2D eigenvalue weighted by molar-refractivity contribution is 6.41. The van der Waals surface area contributed by atoms with E-state index < -0.39 is 0 Å². The van der Waals surface area contributed by atoms with Crippen LogP contribution in [0, 0.1) is 0 Å². The second-order valence-corrected chi connectivity index (χ2v) is 3.82. The Labute approximate surface area is 93.8 Å². The molecule has 2 N–H and O–H groups in total. The largest absolute Gasteiger partial charge is 0.396 e. The molecular formula is C10H13Cl2NO. The van der Waals surface area contributed by atoms with Crippen molar-refractivity contribution >= 4 is 23.2 Å². The smallest absolute Gasteiger partial charge is 0.0595 e. The molecule has 14 heavy (non-hydrogen) atoms. The SMILES string of the molecule is OCCCNCc1ccc(Cl)c(Cl)c1. The van der Waals surface area contributed by atoms with Gasteiger partial charge in [-0.25, -0.2) is 0 Å². The van der Waals surface area contributed by atoms with Crippen LogP contribution in [0.25, 0.3) is 0 Å². The van der Waals surface area contributed by atoms with Crippen LogP contribution < -0.4 is 5.32 Å². The van der Waals surface area contributed by atoms with Crippen LogP contribution in [0.5, 0.6) is 0 Å². The van der Waals surface area contributed by atoms with Crippen molar-refractivity contribution in [3.05, 3.63) is 33.8 Å². The number of nitrogens with one attached hydrogen (secondary N) is 1. The third kappa shape index (κ3) is 3.84. The summed E-state index contributed by atoms with van der Waals surface area (Å²) in [6, 6.07) is 5.56. The Morgan fingerprint density at radius 3 is 2.64 bits per heavy atom. The molecule has 0 atom stereocenters. The van der Waals surface area contributed by atoms with Gasteiger partial charge >= 0.3 is 0 Å². The Balaban J connectivity index is 2.39. The molecule has 0 fully saturated rings. The standard InChI is InChI=1S/C10H13Cl2NO/c11-9-3-2-8(6-10(9)12)7-13-4-1-5-14/h2-3,6,13-14H,1,4-5,7H2. The minimum atomic E-state index is 0.217. The van der Waals surface area contributed by atoms with Crippen molar-refractivity contribution in [3.8, 4) is 0 Å². The minimum absolute atomic E-state index is 0.217. The first kappa shape index (κ1) is 11.8. The molecule has 0 spiro atoms. The number of aliphatic hydroxyl groups is 1. The quantitative estimate of drug-likeness (QED) is 0.767. The van der Waals surface area contributed by atoms with Crippen molar-refractivity contribution in [2.24, 2.45) is 0 Å². The predicted octanol–water partition coefficient (Wildman–Crippen LogP) is 2.47. The molecule has 0 saturated heterocycles. The van der Waals surface area contributed by atoms with Crippen LogP contribution in [-0.4, -0.2) is 18.3 Å². The topological polar surface area (TPSA) is 32.3 Å². The first-order chi connectivity index (χ1) is 6.74. The Hall–Kier alpha value is -0.280. The molecule has 0 saturated carbocycles. The molecule has 0 aliphatic rings. The maximum Gasteiger partial charge on any atom is 0.0595 e. The lowest BCUT2D eigenvalue weighted by Gasteiger charge is -2.04. The molecule has 1 aromatic carbocycles. The minimum Gasteiger partial charge on any atom is -0.396 e. The Bertz CT molecular complexity index is 291. The van der Waals surface area contributed by atoms with Gasteiger partial charge in [0.2, 0.25) is 0 Å². The number of hydrogen-bond acceptors (Lipinski definition) is 2. The Morgan fingerprint density at radius 1 is 1.21 bits per heavy atom. The van der Waals surface area contributed by atoms with Gasteiger partial charge in [0.1, 0.15) is 0 Å². The fourth-order valence-electron chi connectivity index (χ4n) is 1.09. The third-order valence-electron chi connectivity index (χ3n) is 1.82. The van der Waals surface area contributed by atoms with E-state index in [9.17, 15) is 0 Å². The first-order valence-electron chi connectivity index (χ1n) is 4.49. The number of aliphatic hydroxyl groups excluding tert-OH is 1. The van der Waals surface area contributed by atoms with Gasteiger partial charge in [-0.05, 0) is 30.7 Å². The van der Waals surface area contributed by atoms with Crippen LogP contribution in [0.1, 0.15) is 12.0 Å². The highest BCUT2D eigenvalue weighted by Gasteiger charge is 1.98. The van der Waals surface area contributed by atoms with E-state index in [2.05, 4.69) is 5.32 Å². The van der Waals surface area contributed by atoms with Gasteiger partial charge < -0.3 is 10.4 Å². The summed E-state index contributed by atoms with van der Waals surface area (Å²) in [4.78, 5) is 0. The fourth-order valence-corrected chi connectivity index (χ4v) is 1.41. The highest BCUT2D eigenvalue weighted by atomic mass is 35.5. The molecule has 0 bridgehead atoms. The summed E-state index contributed by atoms with van der Waals surface area (Å²) in [5.41, 5.74) is 1.09. The van der Waals surface area contributed by atoms with E-state index in [4.69, 9.17) is 28.3 Å². The van der Waals surface area contributed by atoms with Gasteiger partial charge in [0, 0.05) is 13.2 Å². The van der Waals surface area contributed by atoms with Crippen LogP contribution in [0.15, 0.2) is 18.2 Å². The maximum absolute atomic E-state index is 8.57. The average molecular weight is 234 g/mol. The van der Waals surface area contributed by atoms with Crippen molar-refractivity contribution in [2.75, 3.05) is 13.2 Å². The molecule has 0 aliphatic heterocycles. The molecule has 4 heteroatoms. The molecule has 1 rings (SSSR count). The number of halogens is 2. The van der Waals surface area contributed by atoms with Crippen LogP contribution in [-0.2, 0) is 6.54 Å². The van der Waals surface area contributed by atoms with Gasteiger partial charge in [-0.2, -0.15) is 0 Å². The Kier molecular flexibility index (Phi) is 5.26. The molecule has 0 radical (unpaired) electrons. The molecule has 0 aromatic heterocycles. The van der Waals surface area contributed by atoms with E-state index in [1.165, 1.54) is 0 Å². The summed E-state index contributed by atoms with van der Waals surface area (Å²) in [5.74, 6) is 0. The second-order valence-electron chi connectivity index (χ2n) is 3.00. The van der Waals surface area contributed by atoms with Gasteiger partial charge in [-0.15, -0.1) is 0 Å². The van der Waals surface area contributed by atoms with Crippen molar-refractivity contribution in [3.63, 3.8) is 0 Å². The average Bonchev–Trinajstić information content (AvgIpc) is 2.18. The third-order valence-corrected chi connectivity index (χ3v) is 2.56. The van der Waals surface area contributed by atoms with Crippen molar-refractivity contribution < 1.29 is 5.11 Å². The summed E-state index contributed by atoms with van der Waals surface area (Å²) in [6.45, 7) is 1.77. The second kappa shape index (κ2) is 6.25. The molecule has 1 aromatic rings. The van der Waals surface area contributed by atoms with Crippen LogP contribution in [0.4, 0.5) is 0 Å². The molecule has 0 unspecified atom stereocenters. The maximum atomic E-state index is 8.57. The van der Waals surface area contributed by atoms with E-state index in [0.717, 1.165) is 25.1 Å². The van der Waals surface area contributed by atoms with E-state index in [0.29, 0.717) is 10.0 Å². The van der Waals surface area contributed by atoms with Crippen molar-refractivity contribution in [1.82, 2.24) is 5.32 Å². The first-order valence-corrected chi connectivity index (χ1v) is 5.25. The predicted molar refractivity (Wildman–Crippen MR) is 59.9 cm³/mol. The molecule has 0 aliphatic carbocycles. The van der Waals surface area contributed by atoms with E-state index in [1.807, 2.05) is 12.1 Å². The number of benzene rings is 1. The summed E-state index contributed by atoms with van der Waals surface area (Å²) in [7, 11) is 0. The van der Waals surface area contributed by atoms with Gasteiger partial charge in [0.25, 0.3) is 0 Å². The van der Waals surface area contributed by atoms with Gasteiger partial charge in [0.05, 0.1) is 10.0 Å². The Morgan fingerprint density at radius 2 is 2.00 bits per heavy atom. The normalized spacial score (nSPS) is 10.5. The molecular weight excluding hydrogens is 221 g/mol. The van der Waals surface area contributed by atoms with E-state index >= 15 is 0 Å². The van der Waals surface area contributed by atoms with Crippen molar-refractivity contribution in [1.29, 1.82) is 0 Å². The van der Waals surface area contributed by atoms with Gasteiger partial charge in [0.15, 0.2) is 0 Å². The van der Waals surface area contributed by atoms with E-state index in [1.54, 1.807) is 6.07 Å². The fraction of sp³-hybridized carbons (Fsp3) is 0.400. The summed E-state index contributed by atoms with van der Waals surface area (Å²) >= 11 is 11.6. The number of hydrogen-bond donors (Lipinski definition) is 2. The zero-order valence-electron chi connectivity index (χ0n) is 7.76. The van der Waals surface area contributed by atoms with Crippen LogP contribution >= 0.6 is 23.2 Å². The lowest BCUT2D eigenvalue weighted by molar-refractivity contribution is 0.286. The summed E-state index contributed by atoms with van der Waals surface area (Å²) in [5, 5.41) is 12.9. The zero-order chi connectivity index (χ0) is 10.4. The summed E-state index contributed by atoms with van der Waals surface area (Å²) < 4.78 is 0. The van der Waals surface area contributed by atoms with Crippen molar-refractivity contribution in [2.45, 2.75) is 13.0 Å². The van der Waals surface area contributed by atoms with Crippen LogP contribution in [0.3, 0.4) is 0 Å². The zero-order valence-corrected chi connectivity index (χ0v) is 9.28. The summed E-state index contributed by atoms with van der Waals surface area (Å²) in [6.07, 6.45) is 0.765. The molecule has 0 heterocycles.